The molecule has 24 heavy (non-hydrogen) atoms. The van der Waals surface area contributed by atoms with Crippen molar-refractivity contribution in [3.05, 3.63) is 59.2 Å². The fourth-order valence-corrected chi connectivity index (χ4v) is 2.62. The largest absolute Gasteiger partial charge is 0.493 e. The lowest BCUT2D eigenvalue weighted by molar-refractivity contribution is -0.116. The van der Waals surface area contributed by atoms with Crippen molar-refractivity contribution in [2.24, 2.45) is 0 Å². The van der Waals surface area contributed by atoms with E-state index in [0.29, 0.717) is 25.4 Å². The van der Waals surface area contributed by atoms with Crippen LogP contribution in [0.5, 0.6) is 5.75 Å². The maximum atomic E-state index is 12.2. The first-order valence-electron chi connectivity index (χ1n) is 8.57. The number of amides is 1. The summed E-state index contributed by atoms with van der Waals surface area (Å²) in [4.78, 5) is 12.2. The molecule has 0 aliphatic heterocycles. The van der Waals surface area contributed by atoms with Crippen LogP contribution in [0.25, 0.3) is 0 Å². The Morgan fingerprint density at radius 1 is 1.08 bits per heavy atom. The van der Waals surface area contributed by atoms with Crippen LogP contribution in [0, 0.1) is 13.8 Å². The molecule has 2 rings (SSSR count). The van der Waals surface area contributed by atoms with Gasteiger partial charge in [0.2, 0.25) is 5.91 Å². The average Bonchev–Trinajstić information content (AvgIpc) is 2.55. The number of hydrogen-bond donors (Lipinski definition) is 1. The van der Waals surface area contributed by atoms with Crippen molar-refractivity contribution in [1.29, 1.82) is 0 Å². The Hall–Kier alpha value is -2.29. The summed E-state index contributed by atoms with van der Waals surface area (Å²) in [7, 11) is 0. The van der Waals surface area contributed by atoms with Crippen LogP contribution in [0.4, 0.5) is 5.69 Å². The van der Waals surface area contributed by atoms with E-state index in [4.69, 9.17) is 4.74 Å². The third-order valence-corrected chi connectivity index (χ3v) is 4.22. The fourth-order valence-electron chi connectivity index (χ4n) is 2.62. The molecule has 2 aromatic carbocycles. The molecule has 0 spiro atoms. The average molecular weight is 325 g/mol. The molecule has 0 aliphatic carbocycles. The highest BCUT2D eigenvalue weighted by atomic mass is 16.5. The van der Waals surface area contributed by atoms with Crippen molar-refractivity contribution in [2.75, 3.05) is 11.9 Å². The number of benzene rings is 2. The molecule has 1 amide bonds. The summed E-state index contributed by atoms with van der Waals surface area (Å²) in [5.41, 5.74) is 4.45. The maximum absolute atomic E-state index is 12.2. The van der Waals surface area contributed by atoms with Crippen LogP contribution in [-0.2, 0) is 4.79 Å². The fraction of sp³-hybridized carbons (Fsp3) is 0.381. The van der Waals surface area contributed by atoms with Crippen molar-refractivity contribution in [3.8, 4) is 5.75 Å². The SMILES string of the molecule is Cc1cccc(OCCCC(=O)Nc2ccccc2C(C)C)c1C. The van der Waals surface area contributed by atoms with Crippen LogP contribution in [0.2, 0.25) is 0 Å². The predicted molar refractivity (Wildman–Crippen MR) is 99.8 cm³/mol. The van der Waals surface area contributed by atoms with Crippen LogP contribution >= 0.6 is 0 Å². The molecule has 3 nitrogen and oxygen atoms in total. The van der Waals surface area contributed by atoms with Gasteiger partial charge >= 0.3 is 0 Å². The smallest absolute Gasteiger partial charge is 0.224 e. The second kappa shape index (κ2) is 8.53. The summed E-state index contributed by atoms with van der Waals surface area (Å²) >= 11 is 0. The van der Waals surface area contributed by atoms with Gasteiger partial charge in [-0.05, 0) is 55.0 Å². The standard InChI is InChI=1S/C21H27NO2/c1-15(2)18-10-5-6-11-19(18)22-21(23)13-8-14-24-20-12-7-9-16(3)17(20)4/h5-7,9-12,15H,8,13-14H2,1-4H3,(H,22,23). The number of rotatable bonds is 7. The summed E-state index contributed by atoms with van der Waals surface area (Å²) in [6, 6.07) is 14.0. The second-order valence-corrected chi connectivity index (χ2v) is 6.44. The number of anilines is 1. The molecule has 128 valence electrons. The van der Waals surface area contributed by atoms with Crippen molar-refractivity contribution in [1.82, 2.24) is 0 Å². The Morgan fingerprint density at radius 2 is 1.83 bits per heavy atom. The van der Waals surface area contributed by atoms with Crippen LogP contribution in [0.1, 0.15) is 49.3 Å². The highest BCUT2D eigenvalue weighted by Crippen LogP contribution is 2.24. The number of nitrogens with one attached hydrogen (secondary N) is 1. The molecule has 2 aromatic rings. The Morgan fingerprint density at radius 3 is 2.58 bits per heavy atom. The van der Waals surface area contributed by atoms with E-state index in [1.165, 1.54) is 5.56 Å². The van der Waals surface area contributed by atoms with Crippen molar-refractivity contribution in [2.45, 2.75) is 46.5 Å². The normalized spacial score (nSPS) is 10.7. The zero-order chi connectivity index (χ0) is 17.5. The number of ether oxygens (including phenoxy) is 1. The number of hydrogen-bond acceptors (Lipinski definition) is 2. The minimum absolute atomic E-state index is 0.0349. The van der Waals surface area contributed by atoms with Crippen molar-refractivity contribution < 1.29 is 9.53 Å². The molecule has 0 heterocycles. The van der Waals surface area contributed by atoms with Gasteiger partial charge in [-0.25, -0.2) is 0 Å². The lowest BCUT2D eigenvalue weighted by Crippen LogP contribution is -2.14. The van der Waals surface area contributed by atoms with E-state index in [0.717, 1.165) is 22.6 Å². The molecule has 0 saturated heterocycles. The zero-order valence-corrected chi connectivity index (χ0v) is 15.1. The van der Waals surface area contributed by atoms with E-state index < -0.39 is 0 Å². The lowest BCUT2D eigenvalue weighted by atomic mass is 10.0. The van der Waals surface area contributed by atoms with Crippen LogP contribution < -0.4 is 10.1 Å². The number of aryl methyl sites for hydroxylation is 1. The van der Waals surface area contributed by atoms with Gasteiger partial charge < -0.3 is 10.1 Å². The van der Waals surface area contributed by atoms with Crippen LogP contribution in [0.15, 0.2) is 42.5 Å². The van der Waals surface area contributed by atoms with Gasteiger partial charge in [-0.2, -0.15) is 0 Å². The van der Waals surface area contributed by atoms with Gasteiger partial charge in [0.05, 0.1) is 6.61 Å². The lowest BCUT2D eigenvalue weighted by Gasteiger charge is -2.14. The Kier molecular flexibility index (Phi) is 6.42. The first-order valence-corrected chi connectivity index (χ1v) is 8.57. The summed E-state index contributed by atoms with van der Waals surface area (Å²) in [5.74, 6) is 1.32. The summed E-state index contributed by atoms with van der Waals surface area (Å²) in [6.07, 6.45) is 1.15. The van der Waals surface area contributed by atoms with Crippen LogP contribution in [0.3, 0.4) is 0 Å². The highest BCUT2D eigenvalue weighted by Gasteiger charge is 2.09. The number of carbonyl (C=O) groups is 1. The molecule has 0 unspecified atom stereocenters. The second-order valence-electron chi connectivity index (χ2n) is 6.44. The van der Waals surface area contributed by atoms with Crippen molar-refractivity contribution in [3.63, 3.8) is 0 Å². The summed E-state index contributed by atoms with van der Waals surface area (Å²) in [5, 5.41) is 3.02. The van der Waals surface area contributed by atoms with E-state index >= 15 is 0 Å². The van der Waals surface area contributed by atoms with Crippen molar-refractivity contribution >= 4 is 11.6 Å². The topological polar surface area (TPSA) is 38.3 Å². The molecular formula is C21H27NO2. The van der Waals surface area contributed by atoms with Gasteiger partial charge in [0.1, 0.15) is 5.75 Å². The highest BCUT2D eigenvalue weighted by molar-refractivity contribution is 5.91. The number of carbonyl (C=O) groups excluding carboxylic acids is 1. The molecule has 0 bridgehead atoms. The first-order chi connectivity index (χ1) is 11.5. The molecule has 0 radical (unpaired) electrons. The predicted octanol–water partition coefficient (Wildman–Crippen LogP) is 5.22. The van der Waals surface area contributed by atoms with E-state index in [9.17, 15) is 4.79 Å². The minimum atomic E-state index is 0.0349. The molecule has 0 fully saturated rings. The Balaban J connectivity index is 1.81. The third-order valence-electron chi connectivity index (χ3n) is 4.22. The molecule has 0 aliphatic rings. The number of para-hydroxylation sites is 1. The quantitative estimate of drug-likeness (QED) is 0.708. The molecule has 3 heteroatoms. The monoisotopic (exact) mass is 325 g/mol. The molecule has 0 aromatic heterocycles. The van der Waals surface area contributed by atoms with Crippen LogP contribution in [-0.4, -0.2) is 12.5 Å². The first kappa shape index (κ1) is 18.1. The van der Waals surface area contributed by atoms with E-state index in [1.807, 2.05) is 30.3 Å². The summed E-state index contributed by atoms with van der Waals surface area (Å²) in [6.45, 7) is 8.93. The molecule has 1 N–H and O–H groups in total. The van der Waals surface area contributed by atoms with E-state index in [-0.39, 0.29) is 5.91 Å². The van der Waals surface area contributed by atoms with Gasteiger partial charge in [-0.3, -0.25) is 4.79 Å². The summed E-state index contributed by atoms with van der Waals surface area (Å²) < 4.78 is 5.80. The molecular weight excluding hydrogens is 298 g/mol. The van der Waals surface area contributed by atoms with Gasteiger partial charge in [-0.15, -0.1) is 0 Å². The van der Waals surface area contributed by atoms with Gasteiger partial charge in [0, 0.05) is 12.1 Å². The maximum Gasteiger partial charge on any atom is 0.224 e. The van der Waals surface area contributed by atoms with E-state index in [2.05, 4.69) is 45.1 Å². The van der Waals surface area contributed by atoms with Gasteiger partial charge in [0.15, 0.2) is 0 Å². The van der Waals surface area contributed by atoms with Gasteiger partial charge in [0.25, 0.3) is 0 Å². The Bertz CT molecular complexity index is 692. The molecule has 0 atom stereocenters. The molecule has 0 saturated carbocycles. The van der Waals surface area contributed by atoms with E-state index in [1.54, 1.807) is 0 Å². The third kappa shape index (κ3) is 4.85. The zero-order valence-electron chi connectivity index (χ0n) is 15.1. The Labute approximate surface area is 145 Å². The van der Waals surface area contributed by atoms with Gasteiger partial charge in [-0.1, -0.05) is 44.2 Å². The minimum Gasteiger partial charge on any atom is -0.493 e.